The Hall–Kier alpha value is -1.00. The molecule has 2 rings (SSSR count). The Morgan fingerprint density at radius 3 is 2.81 bits per heavy atom. The van der Waals surface area contributed by atoms with Crippen molar-refractivity contribution in [3.05, 3.63) is 35.4 Å². The van der Waals surface area contributed by atoms with Crippen molar-refractivity contribution in [2.45, 2.75) is 18.9 Å². The summed E-state index contributed by atoms with van der Waals surface area (Å²) in [6.07, 6.45) is 2.05. The van der Waals surface area contributed by atoms with E-state index >= 15 is 0 Å². The summed E-state index contributed by atoms with van der Waals surface area (Å²) in [7, 11) is 0. The van der Waals surface area contributed by atoms with Gasteiger partial charge < -0.3 is 11.1 Å². The Morgan fingerprint density at radius 2 is 2.19 bits per heavy atom. The second kappa shape index (κ2) is 4.89. The molecule has 1 aromatic carbocycles. The van der Waals surface area contributed by atoms with E-state index in [0.29, 0.717) is 5.56 Å². The van der Waals surface area contributed by atoms with Gasteiger partial charge in [0.15, 0.2) is 0 Å². The van der Waals surface area contributed by atoms with Gasteiger partial charge >= 0.3 is 0 Å². The first-order chi connectivity index (χ1) is 7.68. The zero-order chi connectivity index (χ0) is 11.5. The number of rotatable bonds is 2. The topological polar surface area (TPSA) is 38.0 Å². The van der Waals surface area contributed by atoms with Gasteiger partial charge in [0.2, 0.25) is 0 Å². The fraction of sp³-hybridized carbons (Fsp3) is 0.500. The quantitative estimate of drug-likeness (QED) is 0.809. The monoisotopic (exact) mass is 226 g/mol. The van der Waals surface area contributed by atoms with Crippen molar-refractivity contribution < 1.29 is 8.78 Å². The lowest BCUT2D eigenvalue weighted by molar-refractivity contribution is 0.321. The molecule has 1 saturated heterocycles. The maximum Gasteiger partial charge on any atom is 0.130 e. The molecule has 1 fully saturated rings. The third-order valence-corrected chi connectivity index (χ3v) is 3.16. The van der Waals surface area contributed by atoms with Crippen LogP contribution in [0.3, 0.4) is 0 Å². The van der Waals surface area contributed by atoms with Crippen LogP contribution < -0.4 is 11.1 Å². The van der Waals surface area contributed by atoms with Crippen molar-refractivity contribution in [3.63, 3.8) is 0 Å². The SMILES string of the molecule is NC(c1ccc(F)cc1F)C1CCCNC1. The van der Waals surface area contributed by atoms with Crippen LogP contribution >= 0.6 is 0 Å². The van der Waals surface area contributed by atoms with Gasteiger partial charge in [-0.2, -0.15) is 0 Å². The summed E-state index contributed by atoms with van der Waals surface area (Å²) in [5, 5.41) is 3.24. The maximum atomic E-state index is 13.5. The van der Waals surface area contributed by atoms with Gasteiger partial charge in [-0.1, -0.05) is 6.07 Å². The molecule has 0 saturated carbocycles. The highest BCUT2D eigenvalue weighted by Gasteiger charge is 2.23. The van der Waals surface area contributed by atoms with Crippen LogP contribution in [-0.2, 0) is 0 Å². The van der Waals surface area contributed by atoms with Crippen molar-refractivity contribution in [2.75, 3.05) is 13.1 Å². The van der Waals surface area contributed by atoms with E-state index in [9.17, 15) is 8.78 Å². The molecular formula is C12H16F2N2. The van der Waals surface area contributed by atoms with Crippen LogP contribution in [0, 0.1) is 17.6 Å². The molecule has 0 bridgehead atoms. The number of nitrogens with two attached hydrogens (primary N) is 1. The molecule has 1 aliphatic heterocycles. The van der Waals surface area contributed by atoms with Gasteiger partial charge in [-0.25, -0.2) is 8.78 Å². The largest absolute Gasteiger partial charge is 0.324 e. The highest BCUT2D eigenvalue weighted by Crippen LogP contribution is 2.27. The summed E-state index contributed by atoms with van der Waals surface area (Å²) in [6.45, 7) is 1.80. The maximum absolute atomic E-state index is 13.5. The van der Waals surface area contributed by atoms with Crippen LogP contribution in [0.2, 0.25) is 0 Å². The van der Waals surface area contributed by atoms with E-state index in [1.165, 1.54) is 12.1 Å². The summed E-state index contributed by atoms with van der Waals surface area (Å²) in [6, 6.07) is 3.25. The standard InChI is InChI=1S/C12H16F2N2/c13-9-3-4-10(11(14)6-9)12(15)8-2-1-5-16-7-8/h3-4,6,8,12,16H,1-2,5,7,15H2. The Bertz CT molecular complexity index is 362. The molecular weight excluding hydrogens is 210 g/mol. The van der Waals surface area contributed by atoms with Crippen LogP contribution in [0.25, 0.3) is 0 Å². The smallest absolute Gasteiger partial charge is 0.130 e. The summed E-state index contributed by atoms with van der Waals surface area (Å²) in [5.74, 6) is -0.873. The Morgan fingerprint density at radius 1 is 1.38 bits per heavy atom. The molecule has 1 aliphatic rings. The fourth-order valence-electron chi connectivity index (χ4n) is 2.21. The van der Waals surface area contributed by atoms with Crippen molar-refractivity contribution in [2.24, 2.45) is 11.7 Å². The zero-order valence-corrected chi connectivity index (χ0v) is 9.05. The number of hydrogen-bond acceptors (Lipinski definition) is 2. The molecule has 3 N–H and O–H groups in total. The lowest BCUT2D eigenvalue weighted by atomic mass is 9.87. The van der Waals surface area contributed by atoms with E-state index in [-0.39, 0.29) is 12.0 Å². The molecule has 1 aromatic rings. The first kappa shape index (κ1) is 11.5. The Balaban J connectivity index is 2.15. The van der Waals surface area contributed by atoms with Gasteiger partial charge in [-0.15, -0.1) is 0 Å². The van der Waals surface area contributed by atoms with Crippen LogP contribution in [0.5, 0.6) is 0 Å². The average molecular weight is 226 g/mol. The van der Waals surface area contributed by atoms with Crippen LogP contribution in [0.1, 0.15) is 24.4 Å². The van der Waals surface area contributed by atoms with Crippen LogP contribution in [0.15, 0.2) is 18.2 Å². The Kier molecular flexibility index (Phi) is 3.51. The van der Waals surface area contributed by atoms with E-state index in [0.717, 1.165) is 32.0 Å². The lowest BCUT2D eigenvalue weighted by Gasteiger charge is -2.28. The van der Waals surface area contributed by atoms with E-state index < -0.39 is 11.6 Å². The molecule has 0 aromatic heterocycles. The minimum Gasteiger partial charge on any atom is -0.324 e. The minimum atomic E-state index is -0.560. The van der Waals surface area contributed by atoms with Crippen molar-refractivity contribution in [3.8, 4) is 0 Å². The highest BCUT2D eigenvalue weighted by molar-refractivity contribution is 5.22. The first-order valence-corrected chi connectivity index (χ1v) is 5.59. The third-order valence-electron chi connectivity index (χ3n) is 3.16. The highest BCUT2D eigenvalue weighted by atomic mass is 19.1. The summed E-state index contributed by atoms with van der Waals surface area (Å²) < 4.78 is 26.3. The molecule has 0 aliphatic carbocycles. The van der Waals surface area contributed by atoms with Crippen LogP contribution in [-0.4, -0.2) is 13.1 Å². The van der Waals surface area contributed by atoms with E-state index in [1.54, 1.807) is 0 Å². The predicted molar refractivity (Wildman–Crippen MR) is 58.9 cm³/mol. The second-order valence-electron chi connectivity index (χ2n) is 4.30. The molecule has 0 spiro atoms. The zero-order valence-electron chi connectivity index (χ0n) is 9.05. The van der Waals surface area contributed by atoms with E-state index in [2.05, 4.69) is 5.32 Å². The lowest BCUT2D eigenvalue weighted by Crippen LogP contribution is -2.36. The van der Waals surface area contributed by atoms with Gasteiger partial charge in [-0.3, -0.25) is 0 Å². The minimum absolute atomic E-state index is 0.230. The Labute approximate surface area is 93.8 Å². The molecule has 16 heavy (non-hydrogen) atoms. The van der Waals surface area contributed by atoms with E-state index in [4.69, 9.17) is 5.73 Å². The molecule has 4 heteroatoms. The number of piperidine rings is 1. The average Bonchev–Trinajstić information content (AvgIpc) is 2.29. The number of halogens is 2. The molecule has 2 atom stereocenters. The van der Waals surface area contributed by atoms with Crippen molar-refractivity contribution in [1.82, 2.24) is 5.32 Å². The van der Waals surface area contributed by atoms with Crippen LogP contribution in [0.4, 0.5) is 8.78 Å². The molecule has 1 heterocycles. The molecule has 2 unspecified atom stereocenters. The van der Waals surface area contributed by atoms with Crippen molar-refractivity contribution in [1.29, 1.82) is 0 Å². The molecule has 0 amide bonds. The third kappa shape index (κ3) is 2.39. The normalized spacial score (nSPS) is 23.1. The first-order valence-electron chi connectivity index (χ1n) is 5.59. The van der Waals surface area contributed by atoms with Gasteiger partial charge in [0.25, 0.3) is 0 Å². The van der Waals surface area contributed by atoms with Gasteiger partial charge in [0, 0.05) is 17.7 Å². The van der Waals surface area contributed by atoms with E-state index in [1.807, 2.05) is 0 Å². The van der Waals surface area contributed by atoms with Gasteiger partial charge in [0.05, 0.1) is 0 Å². The van der Waals surface area contributed by atoms with Gasteiger partial charge in [0.1, 0.15) is 11.6 Å². The number of nitrogens with one attached hydrogen (secondary N) is 1. The molecule has 0 radical (unpaired) electrons. The summed E-state index contributed by atoms with van der Waals surface area (Å²) >= 11 is 0. The molecule has 88 valence electrons. The molecule has 2 nitrogen and oxygen atoms in total. The number of benzene rings is 1. The number of hydrogen-bond donors (Lipinski definition) is 2. The van der Waals surface area contributed by atoms with Gasteiger partial charge in [-0.05, 0) is 37.9 Å². The fourth-order valence-corrected chi connectivity index (χ4v) is 2.21. The summed E-state index contributed by atoms with van der Waals surface area (Å²) in [4.78, 5) is 0. The van der Waals surface area contributed by atoms with Crippen molar-refractivity contribution >= 4 is 0 Å². The predicted octanol–water partition coefficient (Wildman–Crippen LogP) is 1.96. The second-order valence-corrected chi connectivity index (χ2v) is 4.30. The summed E-state index contributed by atoms with van der Waals surface area (Å²) in [5.41, 5.74) is 6.43.